The van der Waals surface area contributed by atoms with E-state index in [0.717, 1.165) is 15.7 Å². The lowest BCUT2D eigenvalue weighted by molar-refractivity contribution is -0.121. The Bertz CT molecular complexity index is 418. The quantitative estimate of drug-likeness (QED) is 0.821. The largest absolute Gasteiger partial charge is 0.374 e. The van der Waals surface area contributed by atoms with Crippen LogP contribution in [0.1, 0.15) is 12.5 Å². The predicted octanol–water partition coefficient (Wildman–Crippen LogP) is 2.86. The van der Waals surface area contributed by atoms with Gasteiger partial charge in [-0.1, -0.05) is 28.1 Å². The first-order valence-corrected chi connectivity index (χ1v) is 6.25. The molecule has 0 heterocycles. The molecule has 0 aliphatic heterocycles. The van der Waals surface area contributed by atoms with Gasteiger partial charge in [-0.25, -0.2) is 0 Å². The monoisotopic (exact) mass is 296 g/mol. The predicted molar refractivity (Wildman–Crippen MR) is 75.2 cm³/mol. The van der Waals surface area contributed by atoms with Gasteiger partial charge in [0.25, 0.3) is 0 Å². The summed E-state index contributed by atoms with van der Waals surface area (Å²) >= 11 is 3.46. The first kappa shape index (κ1) is 13.8. The highest BCUT2D eigenvalue weighted by atomic mass is 79.9. The molecule has 0 bridgehead atoms. The maximum absolute atomic E-state index is 11.7. The van der Waals surface area contributed by atoms with Gasteiger partial charge in [0.15, 0.2) is 0 Å². The average Bonchev–Trinajstić information content (AvgIpc) is 2.31. The molecule has 1 amide bonds. The zero-order chi connectivity index (χ0) is 12.8. The first-order valence-electron chi connectivity index (χ1n) is 5.46. The van der Waals surface area contributed by atoms with Crippen LogP contribution in [0, 0.1) is 6.92 Å². The van der Waals surface area contributed by atoms with Crippen molar-refractivity contribution < 1.29 is 4.79 Å². The Morgan fingerprint density at radius 2 is 2.29 bits per heavy atom. The summed E-state index contributed by atoms with van der Waals surface area (Å²) in [4.78, 5) is 11.7. The molecule has 4 heteroatoms. The highest BCUT2D eigenvalue weighted by molar-refractivity contribution is 9.10. The van der Waals surface area contributed by atoms with Gasteiger partial charge in [-0.3, -0.25) is 4.79 Å². The Labute approximate surface area is 110 Å². The summed E-state index contributed by atoms with van der Waals surface area (Å²) in [6.45, 7) is 7.88. The standard InChI is InChI=1S/C13H17BrN2O/c1-4-8-15-13(17)10(3)16-12-7-5-6-11(14)9(12)2/h4-7,10,16H,1,8H2,2-3H3,(H,15,17). The van der Waals surface area contributed by atoms with E-state index in [4.69, 9.17) is 0 Å². The highest BCUT2D eigenvalue weighted by Gasteiger charge is 2.12. The molecule has 1 aromatic carbocycles. The summed E-state index contributed by atoms with van der Waals surface area (Å²) in [5.41, 5.74) is 2.05. The average molecular weight is 297 g/mol. The molecular weight excluding hydrogens is 280 g/mol. The second-order valence-corrected chi connectivity index (χ2v) is 4.67. The molecule has 0 spiro atoms. The molecule has 0 radical (unpaired) electrons. The summed E-state index contributed by atoms with van der Waals surface area (Å²) in [7, 11) is 0. The molecule has 0 saturated heterocycles. The fourth-order valence-corrected chi connectivity index (χ4v) is 1.75. The Morgan fingerprint density at radius 3 is 2.94 bits per heavy atom. The van der Waals surface area contributed by atoms with Gasteiger partial charge in [0.05, 0.1) is 0 Å². The van der Waals surface area contributed by atoms with Gasteiger partial charge >= 0.3 is 0 Å². The van der Waals surface area contributed by atoms with Gasteiger partial charge in [0.1, 0.15) is 6.04 Å². The van der Waals surface area contributed by atoms with Crippen LogP contribution in [0.3, 0.4) is 0 Å². The zero-order valence-electron chi connectivity index (χ0n) is 10.1. The van der Waals surface area contributed by atoms with Gasteiger partial charge in [0, 0.05) is 16.7 Å². The number of amides is 1. The summed E-state index contributed by atoms with van der Waals surface area (Å²) in [6, 6.07) is 5.59. The van der Waals surface area contributed by atoms with Crippen LogP contribution in [0.5, 0.6) is 0 Å². The zero-order valence-corrected chi connectivity index (χ0v) is 11.7. The van der Waals surface area contributed by atoms with E-state index in [1.807, 2.05) is 32.0 Å². The van der Waals surface area contributed by atoms with E-state index in [1.165, 1.54) is 0 Å². The number of hydrogen-bond acceptors (Lipinski definition) is 2. The van der Waals surface area contributed by atoms with Gasteiger partial charge in [-0.05, 0) is 31.5 Å². The summed E-state index contributed by atoms with van der Waals surface area (Å²) < 4.78 is 1.03. The van der Waals surface area contributed by atoms with Crippen LogP contribution in [-0.2, 0) is 4.79 Å². The van der Waals surface area contributed by atoms with E-state index >= 15 is 0 Å². The molecule has 0 aliphatic carbocycles. The van der Waals surface area contributed by atoms with E-state index in [2.05, 4.69) is 33.1 Å². The van der Waals surface area contributed by atoms with Crippen molar-refractivity contribution in [3.8, 4) is 0 Å². The maximum Gasteiger partial charge on any atom is 0.242 e. The highest BCUT2D eigenvalue weighted by Crippen LogP contribution is 2.23. The van der Waals surface area contributed by atoms with Crippen molar-refractivity contribution in [2.45, 2.75) is 19.9 Å². The van der Waals surface area contributed by atoms with E-state index in [0.29, 0.717) is 6.54 Å². The molecule has 92 valence electrons. The minimum atomic E-state index is -0.275. The minimum absolute atomic E-state index is 0.0377. The molecule has 0 fully saturated rings. The molecule has 0 saturated carbocycles. The van der Waals surface area contributed by atoms with E-state index in [1.54, 1.807) is 6.08 Å². The van der Waals surface area contributed by atoms with Crippen LogP contribution in [0.2, 0.25) is 0 Å². The molecule has 0 aromatic heterocycles. The normalized spacial score (nSPS) is 11.7. The van der Waals surface area contributed by atoms with Crippen molar-refractivity contribution >= 4 is 27.5 Å². The van der Waals surface area contributed by atoms with Gasteiger partial charge in [0.2, 0.25) is 5.91 Å². The van der Waals surface area contributed by atoms with Crippen molar-refractivity contribution in [2.75, 3.05) is 11.9 Å². The summed E-state index contributed by atoms with van der Waals surface area (Å²) in [5, 5.41) is 5.94. The minimum Gasteiger partial charge on any atom is -0.374 e. The van der Waals surface area contributed by atoms with Crippen molar-refractivity contribution in [2.24, 2.45) is 0 Å². The first-order chi connectivity index (χ1) is 8.06. The van der Waals surface area contributed by atoms with Crippen molar-refractivity contribution in [1.82, 2.24) is 5.32 Å². The van der Waals surface area contributed by atoms with E-state index in [-0.39, 0.29) is 11.9 Å². The van der Waals surface area contributed by atoms with Gasteiger partial charge < -0.3 is 10.6 Å². The SMILES string of the molecule is C=CCNC(=O)C(C)Nc1cccc(Br)c1C. The van der Waals surface area contributed by atoms with Gasteiger partial charge in [-0.15, -0.1) is 6.58 Å². The molecule has 1 aromatic rings. The van der Waals surface area contributed by atoms with Crippen LogP contribution in [0.15, 0.2) is 35.3 Å². The van der Waals surface area contributed by atoms with E-state index in [9.17, 15) is 4.79 Å². The number of halogens is 1. The number of rotatable bonds is 5. The van der Waals surface area contributed by atoms with Crippen molar-refractivity contribution in [3.63, 3.8) is 0 Å². The molecule has 0 aliphatic rings. The van der Waals surface area contributed by atoms with Crippen LogP contribution in [0.4, 0.5) is 5.69 Å². The smallest absolute Gasteiger partial charge is 0.242 e. The van der Waals surface area contributed by atoms with Crippen LogP contribution >= 0.6 is 15.9 Å². The molecule has 1 rings (SSSR count). The summed E-state index contributed by atoms with van der Waals surface area (Å²) in [5.74, 6) is -0.0377. The number of nitrogens with one attached hydrogen (secondary N) is 2. The number of carbonyl (C=O) groups excluding carboxylic acids is 1. The van der Waals surface area contributed by atoms with Crippen LogP contribution < -0.4 is 10.6 Å². The second kappa shape index (κ2) is 6.45. The molecular formula is C13H17BrN2O. The van der Waals surface area contributed by atoms with Crippen molar-refractivity contribution in [3.05, 3.63) is 40.9 Å². The number of benzene rings is 1. The Hall–Kier alpha value is -1.29. The lowest BCUT2D eigenvalue weighted by atomic mass is 10.2. The van der Waals surface area contributed by atoms with Crippen molar-refractivity contribution in [1.29, 1.82) is 0 Å². The number of carbonyl (C=O) groups is 1. The third-order valence-electron chi connectivity index (χ3n) is 2.45. The van der Waals surface area contributed by atoms with E-state index < -0.39 is 0 Å². The lowest BCUT2D eigenvalue weighted by Crippen LogP contribution is -2.37. The van der Waals surface area contributed by atoms with Crippen LogP contribution in [0.25, 0.3) is 0 Å². The number of hydrogen-bond donors (Lipinski definition) is 2. The molecule has 17 heavy (non-hydrogen) atoms. The lowest BCUT2D eigenvalue weighted by Gasteiger charge is -2.16. The van der Waals surface area contributed by atoms with Gasteiger partial charge in [-0.2, -0.15) is 0 Å². The third kappa shape index (κ3) is 3.89. The number of anilines is 1. The topological polar surface area (TPSA) is 41.1 Å². The molecule has 1 atom stereocenters. The Kier molecular flexibility index (Phi) is 5.22. The fraction of sp³-hybridized carbons (Fsp3) is 0.308. The molecule has 2 N–H and O–H groups in total. The third-order valence-corrected chi connectivity index (χ3v) is 3.31. The Balaban J connectivity index is 2.67. The molecule has 1 unspecified atom stereocenters. The second-order valence-electron chi connectivity index (χ2n) is 3.81. The van der Waals surface area contributed by atoms with Crippen LogP contribution in [-0.4, -0.2) is 18.5 Å². The summed E-state index contributed by atoms with van der Waals surface area (Å²) in [6.07, 6.45) is 1.66. The Morgan fingerprint density at radius 1 is 1.59 bits per heavy atom. The maximum atomic E-state index is 11.7. The fourth-order valence-electron chi connectivity index (χ4n) is 1.39. The molecule has 3 nitrogen and oxygen atoms in total.